The standard InChI is InChI=1S/C13H15N3O2/c1-9-8-18-7-6-16(9)13-14-11-5-3-2-4-10(11)12(17)15-13/h2-5,9H,6-8H2,1H3,(H,14,15,17). The number of hydrogen-bond donors (Lipinski definition) is 1. The fourth-order valence-corrected chi connectivity index (χ4v) is 2.25. The summed E-state index contributed by atoms with van der Waals surface area (Å²) in [6.07, 6.45) is 0. The molecule has 0 spiro atoms. The number of morpholine rings is 1. The number of benzene rings is 1. The zero-order valence-corrected chi connectivity index (χ0v) is 10.2. The van der Waals surface area contributed by atoms with Gasteiger partial charge in [0.05, 0.1) is 30.2 Å². The lowest BCUT2D eigenvalue weighted by Gasteiger charge is -2.33. The molecule has 1 aliphatic heterocycles. The van der Waals surface area contributed by atoms with Gasteiger partial charge >= 0.3 is 0 Å². The summed E-state index contributed by atoms with van der Waals surface area (Å²) in [4.78, 5) is 21.5. The molecule has 1 saturated heterocycles. The summed E-state index contributed by atoms with van der Waals surface area (Å²) in [5, 5.41) is 0.627. The van der Waals surface area contributed by atoms with E-state index >= 15 is 0 Å². The molecule has 94 valence electrons. The van der Waals surface area contributed by atoms with Crippen LogP contribution in [0.2, 0.25) is 0 Å². The van der Waals surface area contributed by atoms with E-state index in [9.17, 15) is 4.79 Å². The molecule has 1 aromatic heterocycles. The number of nitrogens with zero attached hydrogens (tertiary/aromatic N) is 2. The Hall–Kier alpha value is -1.88. The summed E-state index contributed by atoms with van der Waals surface area (Å²) in [6, 6.07) is 7.60. The molecule has 3 rings (SSSR count). The van der Waals surface area contributed by atoms with E-state index in [1.807, 2.05) is 18.2 Å². The van der Waals surface area contributed by atoms with E-state index in [0.29, 0.717) is 24.5 Å². The summed E-state index contributed by atoms with van der Waals surface area (Å²) in [5.41, 5.74) is 0.643. The van der Waals surface area contributed by atoms with Gasteiger partial charge in [-0.3, -0.25) is 9.78 Å². The zero-order chi connectivity index (χ0) is 12.5. The molecule has 1 unspecified atom stereocenters. The van der Waals surface area contributed by atoms with Crippen molar-refractivity contribution in [3.8, 4) is 0 Å². The van der Waals surface area contributed by atoms with Gasteiger partial charge in [-0.1, -0.05) is 12.1 Å². The number of fused-ring (bicyclic) bond motifs is 1. The molecular formula is C13H15N3O2. The van der Waals surface area contributed by atoms with E-state index in [2.05, 4.69) is 21.8 Å². The van der Waals surface area contributed by atoms with Gasteiger partial charge < -0.3 is 9.64 Å². The normalized spacial score (nSPS) is 20.3. The highest BCUT2D eigenvalue weighted by Gasteiger charge is 2.21. The minimum Gasteiger partial charge on any atom is -0.377 e. The van der Waals surface area contributed by atoms with Crippen LogP contribution >= 0.6 is 0 Å². The lowest BCUT2D eigenvalue weighted by molar-refractivity contribution is 0.0981. The second kappa shape index (κ2) is 4.42. The Balaban J connectivity index is 2.09. The molecule has 0 amide bonds. The summed E-state index contributed by atoms with van der Waals surface area (Å²) in [7, 11) is 0. The van der Waals surface area contributed by atoms with E-state index in [-0.39, 0.29) is 11.6 Å². The minimum absolute atomic E-state index is 0.0886. The van der Waals surface area contributed by atoms with Gasteiger partial charge in [-0.15, -0.1) is 0 Å². The topological polar surface area (TPSA) is 58.2 Å². The molecule has 0 bridgehead atoms. The maximum absolute atomic E-state index is 12.0. The average Bonchev–Trinajstić information content (AvgIpc) is 2.39. The Labute approximate surface area is 104 Å². The van der Waals surface area contributed by atoms with Crippen LogP contribution in [0.25, 0.3) is 10.9 Å². The van der Waals surface area contributed by atoms with Crippen LogP contribution in [-0.2, 0) is 4.74 Å². The maximum atomic E-state index is 12.0. The summed E-state index contributed by atoms with van der Waals surface area (Å²) in [5.74, 6) is 0.634. The van der Waals surface area contributed by atoms with Gasteiger partial charge in [-0.05, 0) is 19.1 Å². The summed E-state index contributed by atoms with van der Waals surface area (Å²) >= 11 is 0. The van der Waals surface area contributed by atoms with E-state index in [1.165, 1.54) is 0 Å². The van der Waals surface area contributed by atoms with Crippen molar-refractivity contribution in [3.63, 3.8) is 0 Å². The lowest BCUT2D eigenvalue weighted by Crippen LogP contribution is -2.45. The number of nitrogens with one attached hydrogen (secondary N) is 1. The van der Waals surface area contributed by atoms with Crippen LogP contribution in [0.1, 0.15) is 6.92 Å². The van der Waals surface area contributed by atoms with Gasteiger partial charge in [0.25, 0.3) is 5.56 Å². The van der Waals surface area contributed by atoms with Gasteiger partial charge in [0.2, 0.25) is 5.95 Å². The van der Waals surface area contributed by atoms with Crippen molar-refractivity contribution in [3.05, 3.63) is 34.6 Å². The lowest BCUT2D eigenvalue weighted by atomic mass is 10.2. The van der Waals surface area contributed by atoms with Gasteiger partial charge in [0, 0.05) is 6.54 Å². The molecule has 0 aliphatic carbocycles. The molecule has 1 fully saturated rings. The number of para-hydroxylation sites is 1. The molecule has 18 heavy (non-hydrogen) atoms. The second-order valence-corrected chi connectivity index (χ2v) is 4.52. The number of ether oxygens (including phenoxy) is 1. The van der Waals surface area contributed by atoms with E-state index in [0.717, 1.165) is 12.1 Å². The molecule has 1 N–H and O–H groups in total. The first kappa shape index (κ1) is 11.2. The predicted molar refractivity (Wildman–Crippen MR) is 70.0 cm³/mol. The Morgan fingerprint density at radius 3 is 3.11 bits per heavy atom. The Bertz CT molecular complexity index is 623. The third-order valence-electron chi connectivity index (χ3n) is 3.24. The van der Waals surface area contributed by atoms with Crippen molar-refractivity contribution in [2.24, 2.45) is 0 Å². The number of rotatable bonds is 1. The van der Waals surface area contributed by atoms with Crippen molar-refractivity contribution >= 4 is 16.9 Å². The van der Waals surface area contributed by atoms with Crippen molar-refractivity contribution in [2.75, 3.05) is 24.7 Å². The van der Waals surface area contributed by atoms with Crippen LogP contribution in [0.15, 0.2) is 29.1 Å². The monoisotopic (exact) mass is 245 g/mol. The zero-order valence-electron chi connectivity index (χ0n) is 10.2. The third-order valence-corrected chi connectivity index (χ3v) is 3.24. The van der Waals surface area contributed by atoms with Crippen LogP contribution < -0.4 is 10.5 Å². The molecular weight excluding hydrogens is 230 g/mol. The van der Waals surface area contributed by atoms with Gasteiger partial charge in [0.15, 0.2) is 0 Å². The van der Waals surface area contributed by atoms with E-state index in [4.69, 9.17) is 4.74 Å². The first-order chi connectivity index (χ1) is 8.75. The molecule has 0 saturated carbocycles. The molecule has 1 aromatic carbocycles. The Morgan fingerprint density at radius 1 is 1.44 bits per heavy atom. The summed E-state index contributed by atoms with van der Waals surface area (Å²) in [6.45, 7) is 4.15. The van der Waals surface area contributed by atoms with Gasteiger partial charge in [-0.25, -0.2) is 4.98 Å². The Morgan fingerprint density at radius 2 is 2.28 bits per heavy atom. The van der Waals surface area contributed by atoms with Crippen molar-refractivity contribution in [1.29, 1.82) is 0 Å². The number of anilines is 1. The van der Waals surface area contributed by atoms with Crippen molar-refractivity contribution < 1.29 is 4.74 Å². The van der Waals surface area contributed by atoms with Crippen molar-refractivity contribution in [1.82, 2.24) is 9.97 Å². The Kier molecular flexibility index (Phi) is 2.76. The molecule has 1 aliphatic rings. The highest BCUT2D eigenvalue weighted by Crippen LogP contribution is 2.16. The number of H-pyrrole nitrogens is 1. The number of aromatic nitrogens is 2. The maximum Gasteiger partial charge on any atom is 0.260 e. The molecule has 0 radical (unpaired) electrons. The minimum atomic E-state index is -0.0886. The van der Waals surface area contributed by atoms with Crippen LogP contribution in [0, 0.1) is 0 Å². The summed E-state index contributed by atoms with van der Waals surface area (Å²) < 4.78 is 5.39. The van der Waals surface area contributed by atoms with Crippen LogP contribution in [-0.4, -0.2) is 35.8 Å². The first-order valence-electron chi connectivity index (χ1n) is 6.09. The van der Waals surface area contributed by atoms with Crippen LogP contribution in [0.5, 0.6) is 0 Å². The fraction of sp³-hybridized carbons (Fsp3) is 0.385. The fourth-order valence-electron chi connectivity index (χ4n) is 2.25. The highest BCUT2D eigenvalue weighted by molar-refractivity contribution is 5.78. The quantitative estimate of drug-likeness (QED) is 0.818. The average molecular weight is 245 g/mol. The first-order valence-corrected chi connectivity index (χ1v) is 6.09. The largest absolute Gasteiger partial charge is 0.377 e. The van der Waals surface area contributed by atoms with Gasteiger partial charge in [0.1, 0.15) is 0 Å². The molecule has 5 nitrogen and oxygen atoms in total. The number of aromatic amines is 1. The molecule has 1 atom stereocenters. The van der Waals surface area contributed by atoms with E-state index < -0.39 is 0 Å². The van der Waals surface area contributed by atoms with Crippen molar-refractivity contribution in [2.45, 2.75) is 13.0 Å². The van der Waals surface area contributed by atoms with Gasteiger partial charge in [-0.2, -0.15) is 0 Å². The van der Waals surface area contributed by atoms with Crippen LogP contribution in [0.4, 0.5) is 5.95 Å². The molecule has 2 aromatic rings. The molecule has 2 heterocycles. The van der Waals surface area contributed by atoms with Crippen LogP contribution in [0.3, 0.4) is 0 Å². The predicted octanol–water partition coefficient (Wildman–Crippen LogP) is 1.15. The second-order valence-electron chi connectivity index (χ2n) is 4.52. The number of hydrogen-bond acceptors (Lipinski definition) is 4. The molecule has 5 heteroatoms. The highest BCUT2D eigenvalue weighted by atomic mass is 16.5. The SMILES string of the molecule is CC1COCCN1c1nc2ccccc2c(=O)[nH]1. The third kappa shape index (κ3) is 1.86. The smallest absolute Gasteiger partial charge is 0.260 e. The van der Waals surface area contributed by atoms with E-state index in [1.54, 1.807) is 6.07 Å².